The molecule has 0 radical (unpaired) electrons. The number of phenolic OH excluding ortho intramolecular Hbond substituents is 1. The second-order valence-electron chi connectivity index (χ2n) is 4.10. The van der Waals surface area contributed by atoms with Gasteiger partial charge in [0.25, 0.3) is 5.91 Å². The van der Waals surface area contributed by atoms with Crippen LogP contribution in [0.2, 0.25) is 0 Å². The smallest absolute Gasteiger partial charge is 0.252 e. The SMILES string of the molecule is CCC(C)(OC)C(=O)NCc1ccccc1O. The summed E-state index contributed by atoms with van der Waals surface area (Å²) in [4.78, 5) is 11.9. The Labute approximate surface area is 102 Å². The zero-order valence-corrected chi connectivity index (χ0v) is 10.5. The number of phenols is 1. The van der Waals surface area contributed by atoms with Gasteiger partial charge < -0.3 is 15.2 Å². The Morgan fingerprint density at radius 2 is 2.12 bits per heavy atom. The average molecular weight is 237 g/mol. The lowest BCUT2D eigenvalue weighted by molar-refractivity contribution is -0.142. The molecule has 0 saturated carbocycles. The van der Waals surface area contributed by atoms with E-state index < -0.39 is 5.60 Å². The van der Waals surface area contributed by atoms with Crippen LogP contribution in [0.15, 0.2) is 24.3 Å². The number of benzene rings is 1. The van der Waals surface area contributed by atoms with Crippen molar-refractivity contribution >= 4 is 5.91 Å². The summed E-state index contributed by atoms with van der Waals surface area (Å²) in [6.45, 7) is 3.93. The second-order valence-corrected chi connectivity index (χ2v) is 4.10. The minimum absolute atomic E-state index is 0.175. The maximum absolute atomic E-state index is 11.9. The first kappa shape index (κ1) is 13.5. The largest absolute Gasteiger partial charge is 0.508 e. The first-order chi connectivity index (χ1) is 8.03. The van der Waals surface area contributed by atoms with Gasteiger partial charge in [-0.25, -0.2) is 0 Å². The number of carbonyl (C=O) groups is 1. The van der Waals surface area contributed by atoms with E-state index in [-0.39, 0.29) is 11.7 Å². The molecule has 0 aliphatic heterocycles. The topological polar surface area (TPSA) is 58.6 Å². The van der Waals surface area contributed by atoms with Crippen LogP contribution in [0.5, 0.6) is 5.75 Å². The van der Waals surface area contributed by atoms with Crippen LogP contribution in [0.4, 0.5) is 0 Å². The van der Waals surface area contributed by atoms with Crippen LogP contribution >= 0.6 is 0 Å². The summed E-state index contributed by atoms with van der Waals surface area (Å²) in [5.41, 5.74) is -0.125. The highest BCUT2D eigenvalue weighted by Gasteiger charge is 2.30. The lowest BCUT2D eigenvalue weighted by atomic mass is 10.0. The third-order valence-electron chi connectivity index (χ3n) is 3.04. The van der Waals surface area contributed by atoms with Gasteiger partial charge in [-0.05, 0) is 19.4 Å². The fraction of sp³-hybridized carbons (Fsp3) is 0.462. The van der Waals surface area contributed by atoms with Crippen molar-refractivity contribution < 1.29 is 14.6 Å². The van der Waals surface area contributed by atoms with Gasteiger partial charge in [0, 0.05) is 19.2 Å². The molecule has 0 spiro atoms. The number of carbonyl (C=O) groups excluding carboxylic acids is 1. The van der Waals surface area contributed by atoms with Crippen molar-refractivity contribution in [1.82, 2.24) is 5.32 Å². The maximum atomic E-state index is 11.9. The molecule has 0 aliphatic rings. The molecule has 0 aliphatic carbocycles. The van der Waals surface area contributed by atoms with Crippen molar-refractivity contribution in [2.45, 2.75) is 32.4 Å². The second kappa shape index (κ2) is 5.68. The van der Waals surface area contributed by atoms with E-state index >= 15 is 0 Å². The Kier molecular flexibility index (Phi) is 4.52. The maximum Gasteiger partial charge on any atom is 0.252 e. The van der Waals surface area contributed by atoms with Gasteiger partial charge in [0.15, 0.2) is 0 Å². The van der Waals surface area contributed by atoms with E-state index in [1.165, 1.54) is 7.11 Å². The average Bonchev–Trinajstić information content (AvgIpc) is 2.36. The number of methoxy groups -OCH3 is 1. The van der Waals surface area contributed by atoms with Gasteiger partial charge >= 0.3 is 0 Å². The van der Waals surface area contributed by atoms with Gasteiger partial charge in [-0.2, -0.15) is 0 Å². The molecule has 0 saturated heterocycles. The normalized spacial score (nSPS) is 14.1. The number of nitrogens with one attached hydrogen (secondary N) is 1. The van der Waals surface area contributed by atoms with Crippen molar-refractivity contribution in [3.63, 3.8) is 0 Å². The van der Waals surface area contributed by atoms with Gasteiger partial charge in [0.1, 0.15) is 11.4 Å². The first-order valence-corrected chi connectivity index (χ1v) is 5.64. The summed E-state index contributed by atoms with van der Waals surface area (Å²) in [7, 11) is 1.52. The minimum atomic E-state index is -0.815. The monoisotopic (exact) mass is 237 g/mol. The van der Waals surface area contributed by atoms with Gasteiger partial charge in [-0.1, -0.05) is 25.1 Å². The summed E-state index contributed by atoms with van der Waals surface area (Å²) < 4.78 is 5.19. The quantitative estimate of drug-likeness (QED) is 0.821. The van der Waals surface area contributed by atoms with Crippen molar-refractivity contribution in [3.8, 4) is 5.75 Å². The number of ether oxygens (including phenoxy) is 1. The molecule has 0 aromatic heterocycles. The minimum Gasteiger partial charge on any atom is -0.508 e. The summed E-state index contributed by atoms with van der Waals surface area (Å²) in [6, 6.07) is 6.92. The zero-order chi connectivity index (χ0) is 12.9. The van der Waals surface area contributed by atoms with Crippen LogP contribution in [0.3, 0.4) is 0 Å². The Morgan fingerprint density at radius 1 is 1.47 bits per heavy atom. The Bertz CT molecular complexity index is 386. The summed E-state index contributed by atoms with van der Waals surface area (Å²) >= 11 is 0. The molecule has 1 aromatic carbocycles. The van der Waals surface area contributed by atoms with Gasteiger partial charge in [0.05, 0.1) is 0 Å². The van der Waals surface area contributed by atoms with Crippen LogP contribution in [0, 0.1) is 0 Å². The highest BCUT2D eigenvalue weighted by Crippen LogP contribution is 2.17. The number of amides is 1. The van der Waals surface area contributed by atoms with Crippen molar-refractivity contribution in [2.24, 2.45) is 0 Å². The highest BCUT2D eigenvalue weighted by molar-refractivity contribution is 5.84. The van der Waals surface area contributed by atoms with Gasteiger partial charge in [0.2, 0.25) is 0 Å². The number of hydrogen-bond donors (Lipinski definition) is 2. The molecule has 4 heteroatoms. The summed E-state index contributed by atoms with van der Waals surface area (Å²) in [5.74, 6) is 0.00849. The van der Waals surface area contributed by atoms with Crippen molar-refractivity contribution in [3.05, 3.63) is 29.8 Å². The van der Waals surface area contributed by atoms with Gasteiger partial charge in [-0.3, -0.25) is 4.79 Å². The van der Waals surface area contributed by atoms with Crippen LogP contribution in [-0.2, 0) is 16.1 Å². The molecule has 0 bridgehead atoms. The molecule has 2 N–H and O–H groups in total. The molecular formula is C13H19NO3. The predicted molar refractivity (Wildman–Crippen MR) is 65.7 cm³/mol. The molecule has 1 rings (SSSR count). The molecule has 1 unspecified atom stereocenters. The van der Waals surface area contributed by atoms with Crippen LogP contribution in [0.1, 0.15) is 25.8 Å². The predicted octanol–water partition coefficient (Wildman–Crippen LogP) is 1.82. The van der Waals surface area contributed by atoms with E-state index in [9.17, 15) is 9.90 Å². The van der Waals surface area contributed by atoms with Crippen LogP contribution in [0.25, 0.3) is 0 Å². The van der Waals surface area contributed by atoms with E-state index in [2.05, 4.69) is 5.32 Å². The number of para-hydroxylation sites is 1. The molecule has 1 amide bonds. The number of aromatic hydroxyl groups is 1. The molecule has 0 heterocycles. The third kappa shape index (κ3) is 3.20. The van der Waals surface area contributed by atoms with Crippen LogP contribution < -0.4 is 5.32 Å². The summed E-state index contributed by atoms with van der Waals surface area (Å²) in [5, 5.41) is 12.3. The van der Waals surface area contributed by atoms with E-state index in [4.69, 9.17) is 4.74 Å². The number of hydrogen-bond acceptors (Lipinski definition) is 3. The van der Waals surface area contributed by atoms with E-state index in [0.717, 1.165) is 0 Å². The van der Waals surface area contributed by atoms with E-state index in [1.807, 2.05) is 13.0 Å². The van der Waals surface area contributed by atoms with Crippen molar-refractivity contribution in [2.75, 3.05) is 7.11 Å². The standard InChI is InChI=1S/C13H19NO3/c1-4-13(2,17-3)12(16)14-9-10-7-5-6-8-11(10)15/h5-8,15H,4,9H2,1-3H3,(H,14,16). The molecule has 1 aromatic rings. The molecule has 1 atom stereocenters. The van der Waals surface area contributed by atoms with Crippen molar-refractivity contribution in [1.29, 1.82) is 0 Å². The third-order valence-corrected chi connectivity index (χ3v) is 3.04. The molecular weight excluding hydrogens is 218 g/mol. The Balaban J connectivity index is 2.63. The Hall–Kier alpha value is -1.55. The van der Waals surface area contributed by atoms with Gasteiger partial charge in [-0.15, -0.1) is 0 Å². The van der Waals surface area contributed by atoms with E-state index in [1.54, 1.807) is 25.1 Å². The van der Waals surface area contributed by atoms with Crippen LogP contribution in [-0.4, -0.2) is 23.7 Å². The lowest BCUT2D eigenvalue weighted by Crippen LogP contribution is -2.45. The summed E-state index contributed by atoms with van der Waals surface area (Å²) in [6.07, 6.45) is 0.593. The van der Waals surface area contributed by atoms with E-state index in [0.29, 0.717) is 18.5 Å². The first-order valence-electron chi connectivity index (χ1n) is 5.64. The molecule has 4 nitrogen and oxygen atoms in total. The number of rotatable bonds is 5. The fourth-order valence-electron chi connectivity index (χ4n) is 1.42. The highest BCUT2D eigenvalue weighted by atomic mass is 16.5. The molecule has 94 valence electrons. The lowest BCUT2D eigenvalue weighted by Gasteiger charge is -2.25. The fourth-order valence-corrected chi connectivity index (χ4v) is 1.42. The Morgan fingerprint density at radius 3 is 2.65 bits per heavy atom. The zero-order valence-electron chi connectivity index (χ0n) is 10.5. The molecule has 17 heavy (non-hydrogen) atoms. The molecule has 0 fully saturated rings.